The number of nitrogens with zero attached hydrogens (tertiary/aromatic N) is 2. The molecule has 0 spiro atoms. The Morgan fingerprint density at radius 1 is 1.04 bits per heavy atom. The van der Waals surface area contributed by atoms with Gasteiger partial charge in [-0.3, -0.25) is 4.98 Å². The zero-order valence-electron chi connectivity index (χ0n) is 13.3. The fourth-order valence-electron chi connectivity index (χ4n) is 2.78. The van der Waals surface area contributed by atoms with E-state index in [0.717, 1.165) is 21.8 Å². The largest absolute Gasteiger partial charge is 0.478 e. The van der Waals surface area contributed by atoms with E-state index in [2.05, 4.69) is 15.3 Å². The van der Waals surface area contributed by atoms with Crippen LogP contribution in [0, 0.1) is 0 Å². The van der Waals surface area contributed by atoms with Crippen LogP contribution >= 0.6 is 24.0 Å². The smallest absolute Gasteiger partial charge is 0.335 e. The van der Waals surface area contributed by atoms with E-state index in [1.54, 1.807) is 42.7 Å². The van der Waals surface area contributed by atoms with Crippen molar-refractivity contribution in [3.63, 3.8) is 0 Å². The van der Waals surface area contributed by atoms with Gasteiger partial charge in [-0.2, -0.15) is 0 Å². The molecule has 0 fully saturated rings. The number of halogens is 2. The summed E-state index contributed by atoms with van der Waals surface area (Å²) >= 11 is 6.04. The lowest BCUT2D eigenvalue weighted by atomic mass is 10.1. The zero-order chi connectivity index (χ0) is 17.4. The Morgan fingerprint density at radius 3 is 2.65 bits per heavy atom. The number of aromatic nitrogens is 2. The molecule has 0 radical (unpaired) electrons. The maximum absolute atomic E-state index is 11.3. The van der Waals surface area contributed by atoms with E-state index >= 15 is 0 Å². The standard InChI is InChI=1S/C19H12ClN3O2.ClH/c20-12-2-1-3-13(9-12)22-18-15-6-7-21-10-16(15)14-5-4-11(19(24)25)8-17(14)23-18;/h1-10H,(H,22,23)(H,24,25);1H. The fraction of sp³-hybridized carbons (Fsp3) is 0. The molecule has 0 unspecified atom stereocenters. The average molecular weight is 386 g/mol. The van der Waals surface area contributed by atoms with Crippen LogP contribution in [-0.4, -0.2) is 21.0 Å². The van der Waals surface area contributed by atoms with Crippen molar-refractivity contribution in [3.05, 3.63) is 71.5 Å². The molecule has 7 heteroatoms. The third-order valence-electron chi connectivity index (χ3n) is 3.93. The van der Waals surface area contributed by atoms with E-state index in [1.807, 2.05) is 18.2 Å². The quantitative estimate of drug-likeness (QED) is 0.468. The topological polar surface area (TPSA) is 75.1 Å². The van der Waals surface area contributed by atoms with Gasteiger partial charge < -0.3 is 10.4 Å². The number of rotatable bonds is 3. The van der Waals surface area contributed by atoms with Crippen LogP contribution in [0.25, 0.3) is 21.7 Å². The SMILES string of the molecule is Cl.O=C(O)c1ccc2c(c1)nc(Nc1cccc(Cl)c1)c1ccncc12. The van der Waals surface area contributed by atoms with E-state index in [1.165, 1.54) is 0 Å². The van der Waals surface area contributed by atoms with Crippen molar-refractivity contribution in [2.45, 2.75) is 0 Å². The number of carboxylic acids is 1. The highest BCUT2D eigenvalue weighted by molar-refractivity contribution is 6.30. The summed E-state index contributed by atoms with van der Waals surface area (Å²) in [4.78, 5) is 20.1. The summed E-state index contributed by atoms with van der Waals surface area (Å²) in [6, 6.07) is 14.1. The first-order valence-electron chi connectivity index (χ1n) is 7.55. The van der Waals surface area contributed by atoms with Crippen LogP contribution in [0.1, 0.15) is 10.4 Å². The second kappa shape index (κ2) is 7.15. The number of benzene rings is 2. The summed E-state index contributed by atoms with van der Waals surface area (Å²) in [5.41, 5.74) is 1.58. The number of anilines is 2. The highest BCUT2D eigenvalue weighted by Gasteiger charge is 2.11. The first-order valence-corrected chi connectivity index (χ1v) is 7.93. The molecule has 2 heterocycles. The molecule has 26 heavy (non-hydrogen) atoms. The number of nitrogens with one attached hydrogen (secondary N) is 1. The van der Waals surface area contributed by atoms with Gasteiger partial charge in [-0.05, 0) is 36.4 Å². The number of hydrogen-bond acceptors (Lipinski definition) is 4. The number of pyridine rings is 2. The van der Waals surface area contributed by atoms with Crippen LogP contribution in [0.15, 0.2) is 60.9 Å². The molecule has 4 aromatic rings. The lowest BCUT2D eigenvalue weighted by Crippen LogP contribution is -1.99. The Labute approximate surface area is 160 Å². The molecular formula is C19H13Cl2N3O2. The van der Waals surface area contributed by atoms with Gasteiger partial charge in [-0.25, -0.2) is 9.78 Å². The van der Waals surface area contributed by atoms with Crippen LogP contribution < -0.4 is 5.32 Å². The molecule has 2 aromatic carbocycles. The third-order valence-corrected chi connectivity index (χ3v) is 4.17. The Hall–Kier alpha value is -2.89. The first-order chi connectivity index (χ1) is 12.1. The normalized spacial score (nSPS) is 10.5. The van der Waals surface area contributed by atoms with Crippen molar-refractivity contribution in [1.82, 2.24) is 9.97 Å². The second-order valence-corrected chi connectivity index (χ2v) is 5.99. The predicted molar refractivity (Wildman–Crippen MR) is 106 cm³/mol. The number of carbonyl (C=O) groups is 1. The molecule has 0 aliphatic heterocycles. The van der Waals surface area contributed by atoms with Gasteiger partial charge in [0, 0.05) is 39.3 Å². The van der Waals surface area contributed by atoms with Crippen molar-refractivity contribution < 1.29 is 9.90 Å². The molecule has 0 atom stereocenters. The summed E-state index contributed by atoms with van der Waals surface area (Å²) in [5.74, 6) is -0.367. The molecule has 2 aromatic heterocycles. The molecule has 0 saturated heterocycles. The zero-order valence-corrected chi connectivity index (χ0v) is 14.9. The van der Waals surface area contributed by atoms with Gasteiger partial charge in [0.05, 0.1) is 11.1 Å². The van der Waals surface area contributed by atoms with Gasteiger partial charge in [0.25, 0.3) is 0 Å². The van der Waals surface area contributed by atoms with E-state index in [4.69, 9.17) is 11.6 Å². The van der Waals surface area contributed by atoms with Gasteiger partial charge in [-0.1, -0.05) is 23.7 Å². The molecule has 0 amide bonds. The van der Waals surface area contributed by atoms with Crippen molar-refractivity contribution in [2.75, 3.05) is 5.32 Å². The van der Waals surface area contributed by atoms with Crippen LogP contribution in [-0.2, 0) is 0 Å². The van der Waals surface area contributed by atoms with Gasteiger partial charge in [0.1, 0.15) is 5.82 Å². The minimum absolute atomic E-state index is 0. The molecule has 0 saturated carbocycles. The van der Waals surface area contributed by atoms with E-state index in [9.17, 15) is 9.90 Å². The van der Waals surface area contributed by atoms with Crippen molar-refractivity contribution in [2.24, 2.45) is 0 Å². The Balaban J connectivity index is 0.00000196. The maximum Gasteiger partial charge on any atom is 0.335 e. The van der Waals surface area contributed by atoms with E-state index in [0.29, 0.717) is 16.4 Å². The molecule has 0 aliphatic rings. The fourth-order valence-corrected chi connectivity index (χ4v) is 2.97. The first kappa shape index (κ1) is 17.9. The van der Waals surface area contributed by atoms with Gasteiger partial charge in [0.15, 0.2) is 0 Å². The minimum Gasteiger partial charge on any atom is -0.478 e. The highest BCUT2D eigenvalue weighted by atomic mass is 35.5. The summed E-state index contributed by atoms with van der Waals surface area (Å²) in [6.07, 6.45) is 3.45. The van der Waals surface area contributed by atoms with Crippen LogP contribution in [0.5, 0.6) is 0 Å². The average Bonchev–Trinajstić information content (AvgIpc) is 2.61. The summed E-state index contributed by atoms with van der Waals surface area (Å²) < 4.78 is 0. The Kier molecular flexibility index (Phi) is 4.93. The van der Waals surface area contributed by atoms with Crippen molar-refractivity contribution in [3.8, 4) is 0 Å². The molecule has 5 nitrogen and oxygen atoms in total. The molecule has 2 N–H and O–H groups in total. The molecular weight excluding hydrogens is 373 g/mol. The number of carboxylic acid groups (broad SMARTS) is 1. The van der Waals surface area contributed by atoms with Gasteiger partial charge in [-0.15, -0.1) is 12.4 Å². The summed E-state index contributed by atoms with van der Waals surface area (Å²) in [7, 11) is 0. The van der Waals surface area contributed by atoms with Crippen molar-refractivity contribution >= 4 is 63.2 Å². The van der Waals surface area contributed by atoms with Crippen LogP contribution in [0.4, 0.5) is 11.5 Å². The second-order valence-electron chi connectivity index (χ2n) is 5.55. The lowest BCUT2D eigenvalue weighted by molar-refractivity contribution is 0.0697. The number of hydrogen-bond donors (Lipinski definition) is 2. The molecule has 4 rings (SSSR count). The Bertz CT molecular complexity index is 1130. The van der Waals surface area contributed by atoms with Crippen LogP contribution in [0.2, 0.25) is 5.02 Å². The number of aromatic carboxylic acids is 1. The molecule has 0 bridgehead atoms. The van der Waals surface area contributed by atoms with Crippen LogP contribution in [0.3, 0.4) is 0 Å². The molecule has 0 aliphatic carbocycles. The highest BCUT2D eigenvalue weighted by Crippen LogP contribution is 2.31. The van der Waals surface area contributed by atoms with Gasteiger partial charge >= 0.3 is 5.97 Å². The Morgan fingerprint density at radius 2 is 1.88 bits per heavy atom. The van der Waals surface area contributed by atoms with E-state index in [-0.39, 0.29) is 18.0 Å². The lowest BCUT2D eigenvalue weighted by Gasteiger charge is -2.12. The molecule has 130 valence electrons. The summed E-state index contributed by atoms with van der Waals surface area (Å²) in [6.45, 7) is 0. The van der Waals surface area contributed by atoms with Crippen molar-refractivity contribution in [1.29, 1.82) is 0 Å². The minimum atomic E-state index is -0.987. The maximum atomic E-state index is 11.3. The predicted octanol–water partition coefficient (Wildman–Crippen LogP) is 5.30. The monoisotopic (exact) mass is 385 g/mol. The van der Waals surface area contributed by atoms with Gasteiger partial charge in [0.2, 0.25) is 0 Å². The number of fused-ring (bicyclic) bond motifs is 3. The summed E-state index contributed by atoms with van der Waals surface area (Å²) in [5, 5.41) is 15.7. The van der Waals surface area contributed by atoms with E-state index < -0.39 is 5.97 Å². The third kappa shape index (κ3) is 3.27.